The van der Waals surface area contributed by atoms with Crippen LogP contribution < -0.4 is 10.5 Å². The van der Waals surface area contributed by atoms with Gasteiger partial charge in [-0.3, -0.25) is 0 Å². The van der Waals surface area contributed by atoms with Gasteiger partial charge in [-0.2, -0.15) is 5.26 Å². The second-order valence-corrected chi connectivity index (χ2v) is 7.34. The molecule has 3 rings (SSSR count). The van der Waals surface area contributed by atoms with Gasteiger partial charge in [-0.15, -0.1) is 0 Å². The van der Waals surface area contributed by atoms with E-state index in [0.717, 1.165) is 45.8 Å². The summed E-state index contributed by atoms with van der Waals surface area (Å²) in [6, 6.07) is 9.80. The van der Waals surface area contributed by atoms with Crippen molar-refractivity contribution in [1.29, 1.82) is 5.26 Å². The molecule has 0 radical (unpaired) electrons. The van der Waals surface area contributed by atoms with Gasteiger partial charge in [-0.25, -0.2) is 4.98 Å². The molecule has 1 aliphatic rings. The van der Waals surface area contributed by atoms with Crippen molar-refractivity contribution in [2.75, 3.05) is 12.8 Å². The molecular weight excluding hydrogens is 318 g/mol. The number of fused-ring (bicyclic) bond motifs is 1. The molecule has 0 unspecified atom stereocenters. The Hall–Kier alpha value is -2.45. The zero-order chi connectivity index (χ0) is 17.5. The number of nitrogens with zero attached hydrogens (tertiary/aromatic N) is 2. The van der Waals surface area contributed by atoms with Crippen molar-refractivity contribution in [3.63, 3.8) is 0 Å². The van der Waals surface area contributed by atoms with Crippen LogP contribution in [0.1, 0.15) is 37.1 Å². The van der Waals surface area contributed by atoms with Gasteiger partial charge in [0.05, 0.1) is 12.8 Å². The Morgan fingerprint density at radius 3 is 2.46 bits per heavy atom. The number of pyridine rings is 1. The SMILES string of the molecule is COc1ccc(-c2c(C#N)c(N)nc3c2C(=S)CC(C)(C)C3)cc1. The average molecular weight is 337 g/mol. The van der Waals surface area contributed by atoms with Crippen LogP contribution >= 0.6 is 12.2 Å². The quantitative estimate of drug-likeness (QED) is 0.841. The summed E-state index contributed by atoms with van der Waals surface area (Å²) in [4.78, 5) is 5.34. The lowest BCUT2D eigenvalue weighted by atomic mass is 9.74. The Morgan fingerprint density at radius 1 is 1.21 bits per heavy atom. The van der Waals surface area contributed by atoms with Gasteiger partial charge in [0.25, 0.3) is 0 Å². The molecule has 0 amide bonds. The summed E-state index contributed by atoms with van der Waals surface area (Å²) in [5, 5.41) is 9.61. The molecule has 1 aliphatic carbocycles. The summed E-state index contributed by atoms with van der Waals surface area (Å²) in [5.74, 6) is 1.03. The van der Waals surface area contributed by atoms with Crippen LogP contribution in [0, 0.1) is 16.7 Å². The summed E-state index contributed by atoms with van der Waals surface area (Å²) in [6.45, 7) is 4.34. The first kappa shape index (κ1) is 16.4. The smallest absolute Gasteiger partial charge is 0.142 e. The van der Waals surface area contributed by atoms with Gasteiger partial charge in [0.1, 0.15) is 23.2 Å². The maximum atomic E-state index is 9.61. The molecule has 0 bridgehead atoms. The van der Waals surface area contributed by atoms with Crippen molar-refractivity contribution < 1.29 is 4.74 Å². The summed E-state index contributed by atoms with van der Waals surface area (Å²) >= 11 is 5.68. The molecule has 0 saturated carbocycles. The number of hydrogen-bond donors (Lipinski definition) is 1. The molecule has 0 fully saturated rings. The molecule has 4 nitrogen and oxygen atoms in total. The minimum atomic E-state index is 0.0505. The third-order valence-corrected chi connectivity index (χ3v) is 4.70. The molecule has 0 atom stereocenters. The third kappa shape index (κ3) is 2.74. The van der Waals surface area contributed by atoms with E-state index < -0.39 is 0 Å². The zero-order valence-corrected chi connectivity index (χ0v) is 14.8. The van der Waals surface area contributed by atoms with Crippen molar-refractivity contribution in [3.8, 4) is 22.9 Å². The van der Waals surface area contributed by atoms with Crippen molar-refractivity contribution >= 4 is 22.9 Å². The van der Waals surface area contributed by atoms with E-state index >= 15 is 0 Å². The van der Waals surface area contributed by atoms with Gasteiger partial charge in [-0.05, 0) is 36.0 Å². The van der Waals surface area contributed by atoms with Crippen LogP contribution in [0.25, 0.3) is 11.1 Å². The second kappa shape index (κ2) is 5.88. The lowest BCUT2D eigenvalue weighted by Gasteiger charge is -2.33. The Balaban J connectivity index is 2.30. The molecule has 0 aliphatic heterocycles. The predicted molar refractivity (Wildman–Crippen MR) is 99.2 cm³/mol. The lowest BCUT2D eigenvalue weighted by molar-refractivity contribution is 0.370. The van der Waals surface area contributed by atoms with E-state index in [4.69, 9.17) is 22.7 Å². The number of nitriles is 1. The van der Waals surface area contributed by atoms with E-state index in [-0.39, 0.29) is 11.2 Å². The maximum absolute atomic E-state index is 9.61. The molecule has 122 valence electrons. The second-order valence-electron chi connectivity index (χ2n) is 6.85. The molecule has 5 heteroatoms. The predicted octanol–water partition coefficient (Wildman–Crippen LogP) is 3.90. The van der Waals surface area contributed by atoms with E-state index in [1.807, 2.05) is 24.3 Å². The highest BCUT2D eigenvalue weighted by Crippen LogP contribution is 2.41. The van der Waals surface area contributed by atoms with Crippen LogP contribution in [0.5, 0.6) is 5.75 Å². The monoisotopic (exact) mass is 337 g/mol. The molecule has 2 N–H and O–H groups in total. The van der Waals surface area contributed by atoms with Gasteiger partial charge in [0, 0.05) is 16.0 Å². The molecule has 1 aromatic heterocycles. The first-order chi connectivity index (χ1) is 11.4. The van der Waals surface area contributed by atoms with E-state index in [2.05, 4.69) is 24.9 Å². The topological polar surface area (TPSA) is 71.9 Å². The Labute approximate surface area is 147 Å². The number of anilines is 1. The Morgan fingerprint density at radius 2 is 1.88 bits per heavy atom. The fourth-order valence-electron chi connectivity index (χ4n) is 3.28. The molecule has 0 spiro atoms. The van der Waals surface area contributed by atoms with Gasteiger partial charge >= 0.3 is 0 Å². The number of hydrogen-bond acceptors (Lipinski definition) is 5. The standard InChI is InChI=1S/C19H19N3OS/c1-19(2)8-14-17(15(24)9-19)16(13(10-20)18(21)22-14)11-4-6-12(23-3)7-5-11/h4-7H,8-9H2,1-3H3,(H2,21,22). The fourth-order valence-corrected chi connectivity index (χ4v) is 3.89. The number of nitrogen functional groups attached to an aromatic ring is 1. The van der Waals surface area contributed by atoms with Crippen LogP contribution in [0.3, 0.4) is 0 Å². The maximum Gasteiger partial charge on any atom is 0.142 e. The summed E-state index contributed by atoms with van der Waals surface area (Å²) in [5.41, 5.74) is 10.0. The third-order valence-electron chi connectivity index (χ3n) is 4.35. The minimum absolute atomic E-state index is 0.0505. The normalized spacial score (nSPS) is 15.5. The number of ether oxygens (including phenoxy) is 1. The highest BCUT2D eigenvalue weighted by atomic mass is 32.1. The molecule has 1 aromatic carbocycles. The zero-order valence-electron chi connectivity index (χ0n) is 14.0. The van der Waals surface area contributed by atoms with Crippen molar-refractivity contribution in [1.82, 2.24) is 4.98 Å². The van der Waals surface area contributed by atoms with E-state index in [9.17, 15) is 5.26 Å². The van der Waals surface area contributed by atoms with Gasteiger partial charge < -0.3 is 10.5 Å². The number of rotatable bonds is 2. The van der Waals surface area contributed by atoms with Gasteiger partial charge in [0.15, 0.2) is 0 Å². The largest absolute Gasteiger partial charge is 0.497 e. The van der Waals surface area contributed by atoms with Crippen LogP contribution in [0.4, 0.5) is 5.82 Å². The lowest BCUT2D eigenvalue weighted by Crippen LogP contribution is -2.28. The Kier molecular flexibility index (Phi) is 4.02. The molecule has 0 saturated heterocycles. The molecule has 1 heterocycles. The summed E-state index contributed by atoms with van der Waals surface area (Å²) in [7, 11) is 1.62. The number of benzene rings is 1. The Bertz CT molecular complexity index is 864. The summed E-state index contributed by atoms with van der Waals surface area (Å²) < 4.78 is 5.22. The first-order valence-corrected chi connectivity index (χ1v) is 8.17. The highest BCUT2D eigenvalue weighted by molar-refractivity contribution is 7.80. The van der Waals surface area contributed by atoms with E-state index in [0.29, 0.717) is 5.56 Å². The molecule has 2 aromatic rings. The van der Waals surface area contributed by atoms with Crippen LogP contribution in [0.2, 0.25) is 0 Å². The molecule has 24 heavy (non-hydrogen) atoms. The molecular formula is C19H19N3OS. The summed E-state index contributed by atoms with van der Waals surface area (Å²) in [6.07, 6.45) is 1.59. The van der Waals surface area contributed by atoms with E-state index in [1.54, 1.807) is 7.11 Å². The highest BCUT2D eigenvalue weighted by Gasteiger charge is 2.33. The van der Waals surface area contributed by atoms with Crippen LogP contribution in [-0.2, 0) is 6.42 Å². The van der Waals surface area contributed by atoms with E-state index in [1.165, 1.54) is 0 Å². The van der Waals surface area contributed by atoms with Crippen molar-refractivity contribution in [2.45, 2.75) is 26.7 Å². The van der Waals surface area contributed by atoms with Crippen LogP contribution in [-0.4, -0.2) is 17.0 Å². The van der Waals surface area contributed by atoms with Crippen molar-refractivity contribution in [3.05, 3.63) is 41.1 Å². The number of nitrogens with two attached hydrogens (primary N) is 1. The number of methoxy groups -OCH3 is 1. The minimum Gasteiger partial charge on any atom is -0.497 e. The average Bonchev–Trinajstić information content (AvgIpc) is 2.52. The first-order valence-electron chi connectivity index (χ1n) is 7.76. The fraction of sp³-hybridized carbons (Fsp3) is 0.316. The number of thiocarbonyl (C=S) groups is 1. The number of aromatic nitrogens is 1. The van der Waals surface area contributed by atoms with Crippen molar-refractivity contribution in [2.24, 2.45) is 5.41 Å². The van der Waals surface area contributed by atoms with Crippen LogP contribution in [0.15, 0.2) is 24.3 Å². The van der Waals surface area contributed by atoms with Gasteiger partial charge in [0.2, 0.25) is 0 Å². The van der Waals surface area contributed by atoms with Gasteiger partial charge in [-0.1, -0.05) is 38.2 Å².